The molecule has 21 heavy (non-hydrogen) atoms. The summed E-state index contributed by atoms with van der Waals surface area (Å²) in [4.78, 5) is 11.7. The van der Waals surface area contributed by atoms with Crippen molar-refractivity contribution in [2.75, 3.05) is 0 Å². The second kappa shape index (κ2) is 4.90. The fraction of sp³-hybridized carbons (Fsp3) is 0.0588. The van der Waals surface area contributed by atoms with Gasteiger partial charge in [-0.2, -0.15) is 0 Å². The van der Waals surface area contributed by atoms with E-state index in [1.54, 1.807) is 0 Å². The van der Waals surface area contributed by atoms with Crippen LogP contribution in [0.5, 0.6) is 0 Å². The van der Waals surface area contributed by atoms with Crippen molar-refractivity contribution in [3.8, 4) is 0 Å². The number of hydrogen-bond acceptors (Lipinski definition) is 2. The van der Waals surface area contributed by atoms with E-state index in [9.17, 15) is 0 Å². The van der Waals surface area contributed by atoms with Crippen molar-refractivity contribution in [3.05, 3.63) is 84.8 Å². The molecular weight excluding hydrogens is 260 g/mol. The molecule has 0 fully saturated rings. The minimum absolute atomic E-state index is 0.0895. The Morgan fingerprint density at radius 3 is 2.62 bits per heavy atom. The molecule has 4 aromatic rings. The first-order valence-corrected chi connectivity index (χ1v) is 6.87. The largest absolute Gasteiger partial charge is 0.361 e. The number of nitrogens with zero attached hydrogens (tertiary/aromatic N) is 3. The van der Waals surface area contributed by atoms with Gasteiger partial charge in [0.1, 0.15) is 0 Å². The Bertz CT molecular complexity index is 847. The zero-order chi connectivity index (χ0) is 14.1. The Hall–Kier alpha value is -2.88. The minimum atomic E-state index is 0.0895. The molecule has 102 valence electrons. The SMILES string of the molecule is c1ccc2c(C(c3ccncc3)n3ccnc3)c[nH]c2c1. The van der Waals surface area contributed by atoms with E-state index in [2.05, 4.69) is 43.9 Å². The van der Waals surface area contributed by atoms with Crippen molar-refractivity contribution >= 4 is 10.9 Å². The molecule has 1 N–H and O–H groups in total. The first kappa shape index (κ1) is 11.9. The Balaban J connectivity index is 1.95. The molecule has 0 aliphatic rings. The fourth-order valence-electron chi connectivity index (χ4n) is 2.80. The van der Waals surface area contributed by atoms with E-state index in [0.717, 1.165) is 5.52 Å². The van der Waals surface area contributed by atoms with Crippen LogP contribution >= 0.6 is 0 Å². The highest BCUT2D eigenvalue weighted by molar-refractivity contribution is 5.84. The molecule has 0 aliphatic heterocycles. The highest BCUT2D eigenvalue weighted by Gasteiger charge is 2.19. The number of imidazole rings is 1. The van der Waals surface area contributed by atoms with Crippen LogP contribution in [-0.2, 0) is 0 Å². The number of nitrogens with one attached hydrogen (secondary N) is 1. The van der Waals surface area contributed by atoms with E-state index >= 15 is 0 Å². The molecular formula is C17H14N4. The van der Waals surface area contributed by atoms with E-state index in [-0.39, 0.29) is 6.04 Å². The zero-order valence-corrected chi connectivity index (χ0v) is 11.3. The molecule has 0 saturated carbocycles. The van der Waals surface area contributed by atoms with E-state index in [1.807, 2.05) is 49.3 Å². The van der Waals surface area contributed by atoms with Crippen LogP contribution in [0, 0.1) is 0 Å². The monoisotopic (exact) mass is 274 g/mol. The van der Waals surface area contributed by atoms with Gasteiger partial charge in [0.25, 0.3) is 0 Å². The number of aromatic nitrogens is 4. The van der Waals surface area contributed by atoms with Gasteiger partial charge in [0.15, 0.2) is 0 Å². The Kier molecular flexibility index (Phi) is 2.78. The predicted octanol–water partition coefficient (Wildman–Crippen LogP) is 3.40. The number of benzene rings is 1. The third-order valence-corrected chi connectivity index (χ3v) is 3.76. The lowest BCUT2D eigenvalue weighted by Gasteiger charge is -2.18. The molecule has 1 atom stereocenters. The van der Waals surface area contributed by atoms with Gasteiger partial charge in [-0.25, -0.2) is 4.98 Å². The van der Waals surface area contributed by atoms with Gasteiger partial charge in [-0.15, -0.1) is 0 Å². The molecule has 4 heteroatoms. The Labute approximate surface area is 122 Å². The summed E-state index contributed by atoms with van der Waals surface area (Å²) < 4.78 is 2.12. The number of para-hydroxylation sites is 1. The van der Waals surface area contributed by atoms with Crippen LogP contribution in [-0.4, -0.2) is 19.5 Å². The third kappa shape index (κ3) is 2.01. The van der Waals surface area contributed by atoms with Crippen LogP contribution in [0.15, 0.2) is 73.7 Å². The average Bonchev–Trinajstić information content (AvgIpc) is 3.20. The van der Waals surface area contributed by atoms with Gasteiger partial charge in [0.05, 0.1) is 12.4 Å². The highest BCUT2D eigenvalue weighted by atomic mass is 15.1. The summed E-state index contributed by atoms with van der Waals surface area (Å²) in [7, 11) is 0. The minimum Gasteiger partial charge on any atom is -0.361 e. The van der Waals surface area contributed by atoms with Crippen LogP contribution in [0.3, 0.4) is 0 Å². The summed E-state index contributed by atoms with van der Waals surface area (Å²) in [6, 6.07) is 12.5. The lowest BCUT2D eigenvalue weighted by atomic mass is 9.99. The molecule has 0 amide bonds. The topological polar surface area (TPSA) is 46.5 Å². The van der Waals surface area contributed by atoms with Crippen LogP contribution in [0.4, 0.5) is 0 Å². The van der Waals surface area contributed by atoms with Crippen LogP contribution < -0.4 is 0 Å². The zero-order valence-electron chi connectivity index (χ0n) is 11.3. The molecule has 4 rings (SSSR count). The fourth-order valence-corrected chi connectivity index (χ4v) is 2.80. The molecule has 0 aliphatic carbocycles. The maximum absolute atomic E-state index is 4.20. The second-order valence-electron chi connectivity index (χ2n) is 4.98. The van der Waals surface area contributed by atoms with Crippen LogP contribution in [0.2, 0.25) is 0 Å². The number of hydrogen-bond donors (Lipinski definition) is 1. The van der Waals surface area contributed by atoms with E-state index < -0.39 is 0 Å². The maximum Gasteiger partial charge on any atom is 0.0954 e. The van der Waals surface area contributed by atoms with E-state index in [1.165, 1.54) is 16.5 Å². The van der Waals surface area contributed by atoms with Crippen molar-refractivity contribution < 1.29 is 0 Å². The lowest BCUT2D eigenvalue weighted by Crippen LogP contribution is -2.10. The normalized spacial score (nSPS) is 12.6. The first-order chi connectivity index (χ1) is 10.4. The Morgan fingerprint density at radius 1 is 0.952 bits per heavy atom. The smallest absolute Gasteiger partial charge is 0.0954 e. The van der Waals surface area contributed by atoms with Gasteiger partial charge in [-0.3, -0.25) is 4.98 Å². The van der Waals surface area contributed by atoms with Crippen molar-refractivity contribution in [1.29, 1.82) is 0 Å². The quantitative estimate of drug-likeness (QED) is 0.622. The standard InChI is InChI=1S/C17H14N4/c1-2-4-16-14(3-1)15(11-20-16)17(21-10-9-19-12-21)13-5-7-18-8-6-13/h1-12,17,20H. The number of aromatic amines is 1. The summed E-state index contributed by atoms with van der Waals surface area (Å²) in [5, 5.41) is 1.23. The first-order valence-electron chi connectivity index (χ1n) is 6.87. The maximum atomic E-state index is 4.20. The molecule has 3 aromatic heterocycles. The van der Waals surface area contributed by atoms with Crippen LogP contribution in [0.25, 0.3) is 10.9 Å². The van der Waals surface area contributed by atoms with Gasteiger partial charge >= 0.3 is 0 Å². The van der Waals surface area contributed by atoms with Gasteiger partial charge in [0, 0.05) is 47.5 Å². The molecule has 0 saturated heterocycles. The molecule has 0 bridgehead atoms. The van der Waals surface area contributed by atoms with Crippen molar-refractivity contribution in [1.82, 2.24) is 19.5 Å². The highest BCUT2D eigenvalue weighted by Crippen LogP contribution is 2.31. The molecule has 1 aromatic carbocycles. The number of H-pyrrole nitrogens is 1. The molecule has 0 radical (unpaired) electrons. The summed E-state index contributed by atoms with van der Waals surface area (Å²) in [6.45, 7) is 0. The van der Waals surface area contributed by atoms with Gasteiger partial charge in [-0.1, -0.05) is 18.2 Å². The van der Waals surface area contributed by atoms with E-state index in [0.29, 0.717) is 0 Å². The van der Waals surface area contributed by atoms with Crippen LogP contribution in [0.1, 0.15) is 17.2 Å². The lowest BCUT2D eigenvalue weighted by molar-refractivity contribution is 0.680. The number of fused-ring (bicyclic) bond motifs is 1. The number of rotatable bonds is 3. The van der Waals surface area contributed by atoms with Gasteiger partial charge in [-0.05, 0) is 23.8 Å². The molecule has 3 heterocycles. The third-order valence-electron chi connectivity index (χ3n) is 3.76. The van der Waals surface area contributed by atoms with Gasteiger partial charge in [0.2, 0.25) is 0 Å². The van der Waals surface area contributed by atoms with Crippen molar-refractivity contribution in [2.45, 2.75) is 6.04 Å². The summed E-state index contributed by atoms with van der Waals surface area (Å²) in [5.41, 5.74) is 3.56. The molecule has 1 unspecified atom stereocenters. The molecule has 0 spiro atoms. The Morgan fingerprint density at radius 2 is 1.81 bits per heavy atom. The summed E-state index contributed by atoms with van der Waals surface area (Å²) in [5.74, 6) is 0. The van der Waals surface area contributed by atoms with E-state index in [4.69, 9.17) is 0 Å². The van der Waals surface area contributed by atoms with Gasteiger partial charge < -0.3 is 9.55 Å². The second-order valence-corrected chi connectivity index (χ2v) is 4.98. The summed E-state index contributed by atoms with van der Waals surface area (Å²) in [6.07, 6.45) is 11.4. The van der Waals surface area contributed by atoms with Crippen molar-refractivity contribution in [3.63, 3.8) is 0 Å². The average molecular weight is 274 g/mol. The predicted molar refractivity (Wildman–Crippen MR) is 82.0 cm³/mol. The molecule has 4 nitrogen and oxygen atoms in total. The summed E-state index contributed by atoms with van der Waals surface area (Å²) >= 11 is 0. The number of pyridine rings is 1. The van der Waals surface area contributed by atoms with Crippen molar-refractivity contribution in [2.24, 2.45) is 0 Å².